The van der Waals surface area contributed by atoms with E-state index in [1.807, 2.05) is 18.2 Å². The van der Waals surface area contributed by atoms with Gasteiger partial charge in [0.15, 0.2) is 11.5 Å². The first-order valence-electron chi connectivity index (χ1n) is 5.07. The molecule has 94 valence electrons. The molecule has 0 fully saturated rings. The lowest BCUT2D eigenvalue weighted by Gasteiger charge is -2.14. The first-order chi connectivity index (χ1) is 8.69. The summed E-state index contributed by atoms with van der Waals surface area (Å²) in [6.07, 6.45) is 1.73. The fourth-order valence-corrected chi connectivity index (χ4v) is 2.62. The average Bonchev–Trinajstić information content (AvgIpc) is 2.42. The van der Waals surface area contributed by atoms with Gasteiger partial charge < -0.3 is 9.47 Å². The summed E-state index contributed by atoms with van der Waals surface area (Å²) in [4.78, 5) is 8.83. The van der Waals surface area contributed by atoms with E-state index in [0.717, 1.165) is 13.0 Å². The van der Waals surface area contributed by atoms with Gasteiger partial charge in [0.05, 0.1) is 23.5 Å². The van der Waals surface area contributed by atoms with Gasteiger partial charge in [0.25, 0.3) is 0 Å². The molecule has 0 aliphatic carbocycles. The molecule has 2 rings (SSSR count). The van der Waals surface area contributed by atoms with E-state index in [2.05, 4.69) is 55.1 Å². The fraction of sp³-hybridized carbons (Fsp3) is 0.167. The van der Waals surface area contributed by atoms with Gasteiger partial charge in [-0.15, -0.1) is 0 Å². The van der Waals surface area contributed by atoms with Gasteiger partial charge in [0.1, 0.15) is 9.39 Å². The van der Waals surface area contributed by atoms with Crippen LogP contribution in [-0.4, -0.2) is 24.2 Å². The Morgan fingerprint density at radius 1 is 1.06 bits per heavy atom. The van der Waals surface area contributed by atoms with Crippen LogP contribution in [0.5, 0.6) is 11.5 Å². The molecule has 0 aliphatic heterocycles. The highest BCUT2D eigenvalue weighted by Crippen LogP contribution is 2.40. The first kappa shape index (κ1) is 13.8. The molecule has 0 spiro atoms. The van der Waals surface area contributed by atoms with E-state index in [0.29, 0.717) is 17.2 Å². The molecule has 2 heterocycles. The molecule has 0 atom stereocenters. The summed E-state index contributed by atoms with van der Waals surface area (Å²) in [5.74, 6) is 1.30. The quantitative estimate of drug-likeness (QED) is 0.513. The smallest absolute Gasteiger partial charge is 0.190 e. The van der Waals surface area contributed by atoms with E-state index >= 15 is 0 Å². The van der Waals surface area contributed by atoms with Gasteiger partial charge in [-0.05, 0) is 57.3 Å². The van der Waals surface area contributed by atoms with Gasteiger partial charge in [0.2, 0.25) is 0 Å². The van der Waals surface area contributed by atoms with Crippen LogP contribution < -0.4 is 9.47 Å². The van der Waals surface area contributed by atoms with Gasteiger partial charge in [-0.3, -0.25) is 4.98 Å². The molecular formula is C12H10I2N2O2. The number of methoxy groups -OCH3 is 2. The largest absolute Gasteiger partial charge is 0.492 e. The van der Waals surface area contributed by atoms with Crippen LogP contribution in [-0.2, 0) is 0 Å². The zero-order chi connectivity index (χ0) is 13.1. The number of ether oxygens (including phenoxy) is 2. The lowest BCUT2D eigenvalue weighted by Crippen LogP contribution is -2.02. The first-order valence-corrected chi connectivity index (χ1v) is 7.23. The van der Waals surface area contributed by atoms with Crippen molar-refractivity contribution in [2.75, 3.05) is 14.2 Å². The molecule has 0 aromatic carbocycles. The maximum atomic E-state index is 5.42. The number of nitrogens with zero attached hydrogens (tertiary/aromatic N) is 2. The van der Waals surface area contributed by atoms with Crippen LogP contribution in [0, 0.1) is 7.27 Å². The third-order valence-electron chi connectivity index (χ3n) is 2.33. The Kier molecular flexibility index (Phi) is 4.60. The molecule has 2 aromatic heterocycles. The molecule has 0 aliphatic rings. The van der Waals surface area contributed by atoms with Crippen LogP contribution in [0.25, 0.3) is 11.4 Å². The van der Waals surface area contributed by atoms with E-state index in [-0.39, 0.29) is 0 Å². The highest BCUT2D eigenvalue weighted by molar-refractivity contribution is 14.1. The molecule has 0 radical (unpaired) electrons. The Hall–Kier alpha value is -0.640. The number of hydrogen-bond donors (Lipinski definition) is 0. The van der Waals surface area contributed by atoms with E-state index in [9.17, 15) is 0 Å². The van der Waals surface area contributed by atoms with E-state index in [4.69, 9.17) is 9.47 Å². The maximum absolute atomic E-state index is 5.42. The second-order valence-electron chi connectivity index (χ2n) is 3.35. The SMILES string of the molecule is COc1c(-c2ccccn2)nc(I)c(I)c1OC. The Labute approximate surface area is 132 Å². The number of aromatic nitrogens is 2. The van der Waals surface area contributed by atoms with Crippen molar-refractivity contribution in [3.8, 4) is 22.9 Å². The summed E-state index contributed by atoms with van der Waals surface area (Å²) in [5.41, 5.74) is 1.46. The molecule has 4 nitrogen and oxygen atoms in total. The zero-order valence-corrected chi connectivity index (χ0v) is 14.1. The second-order valence-corrected chi connectivity index (χ2v) is 5.45. The van der Waals surface area contributed by atoms with Crippen LogP contribution in [0.4, 0.5) is 0 Å². The van der Waals surface area contributed by atoms with Crippen molar-refractivity contribution in [1.29, 1.82) is 0 Å². The molecule has 0 amide bonds. The maximum Gasteiger partial charge on any atom is 0.190 e. The molecule has 0 saturated heterocycles. The third kappa shape index (κ3) is 2.53. The molecule has 6 heteroatoms. The third-order valence-corrected chi connectivity index (χ3v) is 5.14. The van der Waals surface area contributed by atoms with Gasteiger partial charge in [-0.25, -0.2) is 4.98 Å². The monoisotopic (exact) mass is 468 g/mol. The number of rotatable bonds is 3. The van der Waals surface area contributed by atoms with Crippen LogP contribution in [0.3, 0.4) is 0 Å². The molecule has 0 bridgehead atoms. The van der Waals surface area contributed by atoms with Crippen molar-refractivity contribution in [2.24, 2.45) is 0 Å². The van der Waals surface area contributed by atoms with E-state index in [1.165, 1.54) is 0 Å². The minimum Gasteiger partial charge on any atom is -0.492 e. The Morgan fingerprint density at radius 2 is 1.78 bits per heavy atom. The number of hydrogen-bond acceptors (Lipinski definition) is 4. The lowest BCUT2D eigenvalue weighted by molar-refractivity contribution is 0.352. The van der Waals surface area contributed by atoms with Crippen molar-refractivity contribution in [3.63, 3.8) is 0 Å². The van der Waals surface area contributed by atoms with Crippen LogP contribution in [0.1, 0.15) is 0 Å². The van der Waals surface area contributed by atoms with E-state index < -0.39 is 0 Å². The lowest BCUT2D eigenvalue weighted by atomic mass is 10.2. The van der Waals surface area contributed by atoms with Crippen molar-refractivity contribution >= 4 is 45.2 Å². The van der Waals surface area contributed by atoms with Crippen LogP contribution >= 0.6 is 45.2 Å². The second kappa shape index (κ2) is 6.00. The fourth-order valence-electron chi connectivity index (χ4n) is 1.55. The van der Waals surface area contributed by atoms with Crippen LogP contribution in [0.15, 0.2) is 24.4 Å². The Morgan fingerprint density at radius 3 is 2.33 bits per heavy atom. The molecule has 18 heavy (non-hydrogen) atoms. The summed E-state index contributed by atoms with van der Waals surface area (Å²) in [7, 11) is 3.23. The van der Waals surface area contributed by atoms with Gasteiger partial charge >= 0.3 is 0 Å². The van der Waals surface area contributed by atoms with Crippen molar-refractivity contribution in [3.05, 3.63) is 31.7 Å². The zero-order valence-electron chi connectivity index (χ0n) is 9.78. The minimum atomic E-state index is 0.612. The Bertz CT molecular complexity index is 562. The number of pyridine rings is 2. The van der Waals surface area contributed by atoms with Gasteiger partial charge in [-0.1, -0.05) is 6.07 Å². The summed E-state index contributed by atoms with van der Waals surface area (Å²) < 4.78 is 12.6. The highest BCUT2D eigenvalue weighted by atomic mass is 127. The summed E-state index contributed by atoms with van der Waals surface area (Å²) in [6, 6.07) is 5.68. The molecule has 0 N–H and O–H groups in total. The molecule has 0 saturated carbocycles. The van der Waals surface area contributed by atoms with Gasteiger partial charge in [-0.2, -0.15) is 0 Å². The summed E-state index contributed by atoms with van der Waals surface area (Å²) in [6.45, 7) is 0. The van der Waals surface area contributed by atoms with Crippen molar-refractivity contribution < 1.29 is 9.47 Å². The predicted molar refractivity (Wildman–Crippen MR) is 86.0 cm³/mol. The topological polar surface area (TPSA) is 44.2 Å². The molecule has 0 unspecified atom stereocenters. The van der Waals surface area contributed by atoms with Crippen molar-refractivity contribution in [1.82, 2.24) is 9.97 Å². The standard InChI is InChI=1S/C12H10I2N2O2/c1-17-10-8(13)12(14)16-9(11(10)18-2)7-5-3-4-6-15-7/h3-6H,1-2H3. The van der Waals surface area contributed by atoms with Crippen molar-refractivity contribution in [2.45, 2.75) is 0 Å². The minimum absolute atomic E-state index is 0.612. The normalized spacial score (nSPS) is 10.2. The average molecular weight is 468 g/mol. The summed E-state index contributed by atoms with van der Waals surface area (Å²) >= 11 is 4.37. The predicted octanol–water partition coefficient (Wildman–Crippen LogP) is 3.37. The van der Waals surface area contributed by atoms with Crippen LogP contribution in [0.2, 0.25) is 0 Å². The number of halogens is 2. The van der Waals surface area contributed by atoms with Gasteiger partial charge in [0, 0.05) is 6.20 Å². The summed E-state index contributed by atoms with van der Waals surface area (Å²) in [5, 5.41) is 0. The Balaban J connectivity index is 2.71. The molecular weight excluding hydrogens is 458 g/mol. The highest BCUT2D eigenvalue weighted by Gasteiger charge is 2.20. The molecule has 2 aromatic rings. The van der Waals surface area contributed by atoms with E-state index in [1.54, 1.807) is 20.4 Å².